The number of carbonyl (C=O) groups excluding carboxylic acids is 1. The van der Waals surface area contributed by atoms with Crippen LogP contribution in [-0.4, -0.2) is 32.0 Å². The van der Waals surface area contributed by atoms with Gasteiger partial charge in [0.2, 0.25) is 0 Å². The molecule has 0 aliphatic carbocycles. The quantitative estimate of drug-likeness (QED) is 0.628. The van der Waals surface area contributed by atoms with Gasteiger partial charge in [0.05, 0.1) is 11.1 Å². The molecule has 1 aromatic heterocycles. The van der Waals surface area contributed by atoms with E-state index in [1.807, 2.05) is 0 Å². The second-order valence-electron chi connectivity index (χ2n) is 5.23. The Labute approximate surface area is 115 Å². The second-order valence-corrected chi connectivity index (χ2v) is 5.23. The molecule has 1 aromatic rings. The van der Waals surface area contributed by atoms with Crippen molar-refractivity contribution in [1.82, 2.24) is 9.88 Å². The number of carboxylic acids is 1. The third-order valence-corrected chi connectivity index (χ3v) is 2.79. The van der Waals surface area contributed by atoms with Crippen molar-refractivity contribution in [2.75, 3.05) is 0 Å². The first-order chi connectivity index (χ1) is 9.06. The zero-order valence-corrected chi connectivity index (χ0v) is 11.7. The molecule has 0 bridgehead atoms. The highest BCUT2D eigenvalue weighted by atomic mass is 16.6. The number of rotatable bonds is 5. The van der Waals surface area contributed by atoms with Crippen LogP contribution in [0.4, 0.5) is 5.69 Å². The molecule has 0 spiro atoms. The Hall–Kier alpha value is -2.38. The van der Waals surface area contributed by atoms with E-state index in [4.69, 9.17) is 5.11 Å². The van der Waals surface area contributed by atoms with Crippen LogP contribution in [0.15, 0.2) is 12.3 Å². The minimum absolute atomic E-state index is 0.0565. The monoisotopic (exact) mass is 283 g/mol. The van der Waals surface area contributed by atoms with Crippen molar-refractivity contribution in [1.29, 1.82) is 0 Å². The fraction of sp³-hybridized carbons (Fsp3) is 0.500. The summed E-state index contributed by atoms with van der Waals surface area (Å²) < 4.78 is 1.44. The van der Waals surface area contributed by atoms with Crippen LogP contribution in [0.1, 0.15) is 44.2 Å². The molecular weight excluding hydrogens is 266 g/mol. The average Bonchev–Trinajstić information content (AvgIpc) is 2.72. The topological polar surface area (TPSA) is 114 Å². The maximum absolute atomic E-state index is 12.1. The molecule has 2 N–H and O–H groups in total. The summed E-state index contributed by atoms with van der Waals surface area (Å²) in [6, 6.07) is 0.963. The number of nitrogens with one attached hydrogen (secondary N) is 1. The molecule has 0 saturated carbocycles. The van der Waals surface area contributed by atoms with Crippen molar-refractivity contribution in [3.05, 3.63) is 28.1 Å². The third kappa shape index (κ3) is 3.14. The third-order valence-electron chi connectivity index (χ3n) is 2.79. The summed E-state index contributed by atoms with van der Waals surface area (Å²) in [6.45, 7) is 6.21. The molecule has 0 saturated heterocycles. The van der Waals surface area contributed by atoms with Crippen molar-refractivity contribution in [2.45, 2.75) is 39.3 Å². The number of amides is 1. The number of hydrogen-bond acceptors (Lipinski definition) is 4. The predicted molar refractivity (Wildman–Crippen MR) is 70.7 cm³/mol. The van der Waals surface area contributed by atoms with Gasteiger partial charge in [0, 0.05) is 12.1 Å². The van der Waals surface area contributed by atoms with E-state index in [2.05, 4.69) is 5.32 Å². The Kier molecular flexibility index (Phi) is 4.17. The molecule has 0 fully saturated rings. The Morgan fingerprint density at radius 1 is 1.45 bits per heavy atom. The van der Waals surface area contributed by atoms with E-state index in [9.17, 15) is 19.7 Å². The lowest BCUT2D eigenvalue weighted by Gasteiger charge is -2.21. The van der Waals surface area contributed by atoms with Crippen molar-refractivity contribution in [2.24, 2.45) is 0 Å². The molecule has 0 atom stereocenters. The van der Waals surface area contributed by atoms with Gasteiger partial charge in [-0.1, -0.05) is 0 Å². The largest absolute Gasteiger partial charge is 0.480 e. The molecule has 1 heterocycles. The highest BCUT2D eigenvalue weighted by Gasteiger charge is 2.31. The molecule has 8 heteroatoms. The van der Waals surface area contributed by atoms with Gasteiger partial charge in [-0.25, -0.2) is 4.79 Å². The lowest BCUT2D eigenvalue weighted by Crippen LogP contribution is -2.50. The maximum Gasteiger partial charge on any atom is 0.328 e. The van der Waals surface area contributed by atoms with Crippen LogP contribution in [0.3, 0.4) is 0 Å². The van der Waals surface area contributed by atoms with Crippen LogP contribution in [0.2, 0.25) is 0 Å². The van der Waals surface area contributed by atoms with Gasteiger partial charge in [0.25, 0.3) is 11.6 Å². The highest BCUT2D eigenvalue weighted by Crippen LogP contribution is 2.21. The van der Waals surface area contributed by atoms with Gasteiger partial charge in [-0.05, 0) is 27.7 Å². The fourth-order valence-corrected chi connectivity index (χ4v) is 1.58. The van der Waals surface area contributed by atoms with Crippen LogP contribution in [0.25, 0.3) is 0 Å². The molecule has 20 heavy (non-hydrogen) atoms. The number of carbonyl (C=O) groups is 2. The first-order valence-electron chi connectivity index (χ1n) is 5.98. The smallest absolute Gasteiger partial charge is 0.328 e. The zero-order chi connectivity index (χ0) is 15.7. The van der Waals surface area contributed by atoms with Gasteiger partial charge >= 0.3 is 5.97 Å². The van der Waals surface area contributed by atoms with Crippen molar-refractivity contribution in [3.8, 4) is 0 Å². The number of hydrogen-bond donors (Lipinski definition) is 2. The van der Waals surface area contributed by atoms with Crippen molar-refractivity contribution < 1.29 is 19.6 Å². The highest BCUT2D eigenvalue weighted by molar-refractivity contribution is 5.97. The zero-order valence-electron chi connectivity index (χ0n) is 11.7. The van der Waals surface area contributed by atoms with Gasteiger partial charge < -0.3 is 15.0 Å². The van der Waals surface area contributed by atoms with Gasteiger partial charge in [0.15, 0.2) is 0 Å². The molecular formula is C12H17N3O5. The summed E-state index contributed by atoms with van der Waals surface area (Å²) in [6.07, 6.45) is 1.26. The van der Waals surface area contributed by atoms with Crippen LogP contribution in [0, 0.1) is 10.1 Å². The van der Waals surface area contributed by atoms with Gasteiger partial charge in [-0.3, -0.25) is 14.9 Å². The number of nitro groups is 1. The van der Waals surface area contributed by atoms with Gasteiger partial charge in [-0.2, -0.15) is 0 Å². The molecule has 0 aliphatic heterocycles. The van der Waals surface area contributed by atoms with E-state index < -0.39 is 22.3 Å². The van der Waals surface area contributed by atoms with E-state index in [-0.39, 0.29) is 17.4 Å². The maximum atomic E-state index is 12.1. The van der Waals surface area contributed by atoms with E-state index in [1.54, 1.807) is 13.8 Å². The fourth-order valence-electron chi connectivity index (χ4n) is 1.58. The van der Waals surface area contributed by atoms with Crippen molar-refractivity contribution >= 4 is 17.6 Å². The molecule has 110 valence electrons. The summed E-state index contributed by atoms with van der Waals surface area (Å²) in [5.41, 5.74) is -1.61. The lowest BCUT2D eigenvalue weighted by atomic mass is 10.1. The minimum atomic E-state index is -1.46. The Bertz CT molecular complexity index is 559. The van der Waals surface area contributed by atoms with Crippen molar-refractivity contribution in [3.63, 3.8) is 0 Å². The number of aliphatic carboxylic acids is 1. The SMILES string of the molecule is CC(C)n1cc([N+](=O)[O-])cc1C(=O)NC(C)(C)C(=O)O. The van der Waals surface area contributed by atoms with E-state index in [0.29, 0.717) is 0 Å². The summed E-state index contributed by atoms with van der Waals surface area (Å²) in [4.78, 5) is 33.3. The molecule has 0 unspecified atom stereocenters. The summed E-state index contributed by atoms with van der Waals surface area (Å²) in [5.74, 6) is -1.86. The molecule has 0 radical (unpaired) electrons. The summed E-state index contributed by atoms with van der Waals surface area (Å²) >= 11 is 0. The average molecular weight is 283 g/mol. The number of aromatic nitrogens is 1. The van der Waals surface area contributed by atoms with Gasteiger partial charge in [0.1, 0.15) is 11.2 Å². The van der Waals surface area contributed by atoms with Gasteiger partial charge in [-0.15, -0.1) is 0 Å². The predicted octanol–water partition coefficient (Wildman–Crippen LogP) is 1.57. The number of nitrogens with zero attached hydrogens (tertiary/aromatic N) is 2. The minimum Gasteiger partial charge on any atom is -0.480 e. The van der Waals surface area contributed by atoms with E-state index in [1.165, 1.54) is 24.6 Å². The molecule has 1 rings (SSSR count). The normalized spacial score (nSPS) is 11.4. The second kappa shape index (κ2) is 5.32. The standard InChI is InChI=1S/C12H17N3O5/c1-7(2)14-6-8(15(19)20)5-9(14)10(16)13-12(3,4)11(17)18/h5-7H,1-4H3,(H,13,16)(H,17,18). The first-order valence-corrected chi connectivity index (χ1v) is 5.98. The molecule has 8 nitrogen and oxygen atoms in total. The number of carboxylic acid groups (broad SMARTS) is 1. The Balaban J connectivity index is 3.15. The van der Waals surface area contributed by atoms with Crippen LogP contribution in [-0.2, 0) is 4.79 Å². The summed E-state index contributed by atoms with van der Waals surface area (Å²) in [7, 11) is 0. The molecule has 1 amide bonds. The van der Waals surface area contributed by atoms with Crippen LogP contribution < -0.4 is 5.32 Å². The van der Waals surface area contributed by atoms with Crippen LogP contribution >= 0.6 is 0 Å². The lowest BCUT2D eigenvalue weighted by molar-refractivity contribution is -0.384. The van der Waals surface area contributed by atoms with Crippen LogP contribution in [0.5, 0.6) is 0 Å². The van der Waals surface area contributed by atoms with E-state index in [0.717, 1.165) is 6.07 Å². The summed E-state index contributed by atoms with van der Waals surface area (Å²) in [5, 5.41) is 22.1. The first kappa shape index (κ1) is 15.7. The Morgan fingerprint density at radius 2 is 2.00 bits per heavy atom. The molecule has 0 aliphatic rings. The Morgan fingerprint density at radius 3 is 2.40 bits per heavy atom. The molecule has 0 aromatic carbocycles. The van der Waals surface area contributed by atoms with E-state index >= 15 is 0 Å².